The molecule has 1 atom stereocenters. The average molecular weight is 333 g/mol. The molecule has 3 rings (SSSR count). The molecule has 0 radical (unpaired) electrons. The molecule has 2 saturated heterocycles. The third kappa shape index (κ3) is 4.18. The second-order valence-corrected chi connectivity index (χ2v) is 7.41. The third-order valence-corrected chi connectivity index (χ3v) is 5.75. The fourth-order valence-electron chi connectivity index (χ4n) is 4.09. The van der Waals surface area contributed by atoms with Gasteiger partial charge < -0.3 is 9.80 Å². The topological polar surface area (TPSA) is 43.9 Å². The zero-order valence-corrected chi connectivity index (χ0v) is 15.0. The molecule has 2 amide bonds. The molecule has 0 bridgehead atoms. The number of hydrogen-bond acceptors (Lipinski definition) is 3. The van der Waals surface area contributed by atoms with Crippen LogP contribution in [-0.2, 0) is 9.59 Å². The molecule has 5 heteroatoms. The van der Waals surface area contributed by atoms with Crippen LogP contribution in [0.3, 0.4) is 0 Å². The highest BCUT2D eigenvalue weighted by molar-refractivity contribution is 5.82. The zero-order chi connectivity index (χ0) is 16.9. The van der Waals surface area contributed by atoms with Crippen molar-refractivity contribution in [2.75, 3.05) is 39.3 Å². The standard InChI is InChI=1S/C19H31N3O2/c1-16(19(24)22-9-5-6-10-22)20-11-13-21(14-12-20)18(23)15-17-7-3-2-4-8-17/h7,16H,2-6,8-15H2,1H3/t16-/m0/s1. The first-order valence-electron chi connectivity index (χ1n) is 9.63. The van der Waals surface area contributed by atoms with Gasteiger partial charge in [0, 0.05) is 45.7 Å². The minimum atomic E-state index is -0.0543. The zero-order valence-electron chi connectivity index (χ0n) is 15.0. The first-order valence-corrected chi connectivity index (χ1v) is 9.63. The third-order valence-electron chi connectivity index (χ3n) is 5.75. The molecule has 0 saturated carbocycles. The van der Waals surface area contributed by atoms with Gasteiger partial charge in [0.2, 0.25) is 11.8 Å². The first-order chi connectivity index (χ1) is 11.6. The Morgan fingerprint density at radius 2 is 1.67 bits per heavy atom. The van der Waals surface area contributed by atoms with E-state index in [0.29, 0.717) is 6.42 Å². The maximum Gasteiger partial charge on any atom is 0.239 e. The molecular weight excluding hydrogens is 302 g/mol. The molecule has 134 valence electrons. The summed E-state index contributed by atoms with van der Waals surface area (Å²) >= 11 is 0. The van der Waals surface area contributed by atoms with Crippen LogP contribution in [0.1, 0.15) is 51.9 Å². The summed E-state index contributed by atoms with van der Waals surface area (Å²) in [5, 5.41) is 0. The fraction of sp³-hybridized carbons (Fsp3) is 0.789. The van der Waals surface area contributed by atoms with Crippen molar-refractivity contribution in [3.63, 3.8) is 0 Å². The Balaban J connectivity index is 1.45. The van der Waals surface area contributed by atoms with Gasteiger partial charge in [0.1, 0.15) is 0 Å². The molecular formula is C19H31N3O2. The number of nitrogens with zero attached hydrogens (tertiary/aromatic N) is 3. The summed E-state index contributed by atoms with van der Waals surface area (Å²) in [5.41, 5.74) is 1.33. The maximum atomic E-state index is 12.5. The molecule has 24 heavy (non-hydrogen) atoms. The molecule has 0 N–H and O–H groups in total. The Morgan fingerprint density at radius 3 is 2.29 bits per heavy atom. The van der Waals surface area contributed by atoms with Crippen LogP contribution in [0.2, 0.25) is 0 Å². The number of likely N-dealkylation sites (tertiary alicyclic amines) is 1. The fourth-order valence-corrected chi connectivity index (χ4v) is 4.09. The van der Waals surface area contributed by atoms with Gasteiger partial charge in [0.05, 0.1) is 6.04 Å². The number of allylic oxidation sites excluding steroid dienone is 1. The summed E-state index contributed by atoms with van der Waals surface area (Å²) in [6.45, 7) is 6.98. The van der Waals surface area contributed by atoms with E-state index in [1.54, 1.807) is 0 Å². The highest BCUT2D eigenvalue weighted by Crippen LogP contribution is 2.21. The monoisotopic (exact) mass is 333 g/mol. The van der Waals surface area contributed by atoms with Crippen molar-refractivity contribution in [1.29, 1.82) is 0 Å². The molecule has 0 aromatic rings. The van der Waals surface area contributed by atoms with Gasteiger partial charge in [-0.3, -0.25) is 14.5 Å². The number of hydrogen-bond donors (Lipinski definition) is 0. The summed E-state index contributed by atoms with van der Waals surface area (Å²) in [7, 11) is 0. The van der Waals surface area contributed by atoms with Crippen LogP contribution < -0.4 is 0 Å². The van der Waals surface area contributed by atoms with Crippen LogP contribution in [0, 0.1) is 0 Å². The van der Waals surface area contributed by atoms with Gasteiger partial charge >= 0.3 is 0 Å². The molecule has 1 aliphatic carbocycles. The van der Waals surface area contributed by atoms with Gasteiger partial charge in [0.25, 0.3) is 0 Å². The van der Waals surface area contributed by atoms with Crippen molar-refractivity contribution in [3.8, 4) is 0 Å². The lowest BCUT2D eigenvalue weighted by atomic mass is 9.97. The van der Waals surface area contributed by atoms with Crippen LogP contribution in [0.5, 0.6) is 0 Å². The SMILES string of the molecule is C[C@@H](C(=O)N1CCCC1)N1CCN(C(=O)CC2=CCCCC2)CC1. The van der Waals surface area contributed by atoms with Gasteiger partial charge in [0.15, 0.2) is 0 Å². The molecule has 0 spiro atoms. The average Bonchev–Trinajstić information content (AvgIpc) is 3.16. The van der Waals surface area contributed by atoms with Crippen molar-refractivity contribution < 1.29 is 9.59 Å². The van der Waals surface area contributed by atoms with Crippen LogP contribution in [0.25, 0.3) is 0 Å². The van der Waals surface area contributed by atoms with E-state index in [0.717, 1.165) is 65.0 Å². The predicted molar refractivity (Wildman–Crippen MR) is 94.6 cm³/mol. The lowest BCUT2D eigenvalue weighted by Crippen LogP contribution is -2.55. The molecule has 2 fully saturated rings. The number of carbonyl (C=O) groups excluding carboxylic acids is 2. The van der Waals surface area contributed by atoms with Crippen molar-refractivity contribution >= 4 is 11.8 Å². The highest BCUT2D eigenvalue weighted by atomic mass is 16.2. The molecule has 2 heterocycles. The summed E-state index contributed by atoms with van der Waals surface area (Å²) in [6, 6.07) is -0.0543. The molecule has 0 unspecified atom stereocenters. The highest BCUT2D eigenvalue weighted by Gasteiger charge is 2.30. The Morgan fingerprint density at radius 1 is 0.958 bits per heavy atom. The van der Waals surface area contributed by atoms with Gasteiger partial charge in [-0.25, -0.2) is 0 Å². The van der Waals surface area contributed by atoms with E-state index in [1.807, 2.05) is 16.7 Å². The van der Waals surface area contributed by atoms with Crippen LogP contribution >= 0.6 is 0 Å². The van der Waals surface area contributed by atoms with E-state index in [4.69, 9.17) is 0 Å². The molecule has 3 aliphatic rings. The van der Waals surface area contributed by atoms with Crippen molar-refractivity contribution in [2.24, 2.45) is 0 Å². The minimum Gasteiger partial charge on any atom is -0.341 e. The quantitative estimate of drug-likeness (QED) is 0.740. The number of rotatable bonds is 4. The Labute approximate surface area is 145 Å². The number of amides is 2. The summed E-state index contributed by atoms with van der Waals surface area (Å²) in [5.74, 6) is 0.529. The first kappa shape index (κ1) is 17.5. The van der Waals surface area contributed by atoms with E-state index >= 15 is 0 Å². The number of piperazine rings is 1. The predicted octanol–water partition coefficient (Wildman–Crippen LogP) is 2.03. The smallest absolute Gasteiger partial charge is 0.239 e. The number of carbonyl (C=O) groups is 2. The molecule has 0 aromatic carbocycles. The van der Waals surface area contributed by atoms with Gasteiger partial charge in [-0.05, 0) is 45.4 Å². The van der Waals surface area contributed by atoms with Gasteiger partial charge in [-0.1, -0.05) is 11.6 Å². The van der Waals surface area contributed by atoms with E-state index in [9.17, 15) is 9.59 Å². The normalized spacial score (nSPS) is 24.0. The Kier molecular flexibility index (Phi) is 5.93. The van der Waals surface area contributed by atoms with Gasteiger partial charge in [-0.2, -0.15) is 0 Å². The second-order valence-electron chi connectivity index (χ2n) is 7.41. The molecule has 2 aliphatic heterocycles. The Hall–Kier alpha value is -1.36. The summed E-state index contributed by atoms with van der Waals surface area (Å²) in [6.07, 6.45) is 9.84. The van der Waals surface area contributed by atoms with Crippen LogP contribution in [0.4, 0.5) is 0 Å². The van der Waals surface area contributed by atoms with E-state index in [-0.39, 0.29) is 17.9 Å². The second kappa shape index (κ2) is 8.15. The Bertz CT molecular complexity index is 489. The lowest BCUT2D eigenvalue weighted by Gasteiger charge is -2.38. The maximum absolute atomic E-state index is 12.5. The molecule has 0 aromatic heterocycles. The summed E-state index contributed by atoms with van der Waals surface area (Å²) < 4.78 is 0. The van der Waals surface area contributed by atoms with E-state index in [2.05, 4.69) is 11.0 Å². The van der Waals surface area contributed by atoms with Crippen LogP contribution in [-0.4, -0.2) is 71.8 Å². The van der Waals surface area contributed by atoms with Crippen molar-refractivity contribution in [2.45, 2.75) is 57.9 Å². The molecule has 5 nitrogen and oxygen atoms in total. The summed E-state index contributed by atoms with van der Waals surface area (Å²) in [4.78, 5) is 31.2. The van der Waals surface area contributed by atoms with Crippen molar-refractivity contribution in [3.05, 3.63) is 11.6 Å². The lowest BCUT2D eigenvalue weighted by molar-refractivity contribution is -0.137. The minimum absolute atomic E-state index is 0.0543. The van der Waals surface area contributed by atoms with E-state index < -0.39 is 0 Å². The van der Waals surface area contributed by atoms with Gasteiger partial charge in [-0.15, -0.1) is 0 Å². The largest absolute Gasteiger partial charge is 0.341 e. The van der Waals surface area contributed by atoms with E-state index in [1.165, 1.54) is 18.4 Å². The van der Waals surface area contributed by atoms with Crippen LogP contribution in [0.15, 0.2) is 11.6 Å². The van der Waals surface area contributed by atoms with Crippen molar-refractivity contribution in [1.82, 2.24) is 14.7 Å².